The maximum atomic E-state index is 12.0. The van der Waals surface area contributed by atoms with Gasteiger partial charge in [-0.1, -0.05) is 25.5 Å². The SMILES string of the molecule is CCCCN(CCCCF)C(C)C1C=C1. The van der Waals surface area contributed by atoms with E-state index in [9.17, 15) is 4.39 Å². The molecule has 0 fully saturated rings. The van der Waals surface area contributed by atoms with Crippen LogP contribution in [0.15, 0.2) is 12.2 Å². The van der Waals surface area contributed by atoms with Gasteiger partial charge in [0, 0.05) is 12.0 Å². The number of hydrogen-bond donors (Lipinski definition) is 0. The quantitative estimate of drug-likeness (QED) is 0.419. The highest BCUT2D eigenvalue weighted by molar-refractivity contribution is 5.17. The molecule has 0 saturated carbocycles. The Morgan fingerprint density at radius 1 is 1.20 bits per heavy atom. The molecule has 2 heteroatoms. The lowest BCUT2D eigenvalue weighted by molar-refractivity contribution is 0.188. The molecular weight excluding hydrogens is 189 g/mol. The van der Waals surface area contributed by atoms with Gasteiger partial charge in [0.15, 0.2) is 0 Å². The summed E-state index contributed by atoms with van der Waals surface area (Å²) in [6.45, 7) is 6.57. The first kappa shape index (κ1) is 12.7. The molecule has 1 aliphatic rings. The van der Waals surface area contributed by atoms with Crippen molar-refractivity contribution in [3.63, 3.8) is 0 Å². The molecular formula is C13H24FN. The van der Waals surface area contributed by atoms with Crippen molar-refractivity contribution < 1.29 is 4.39 Å². The summed E-state index contributed by atoms with van der Waals surface area (Å²) in [4.78, 5) is 2.52. The number of halogens is 1. The van der Waals surface area contributed by atoms with Gasteiger partial charge in [-0.3, -0.25) is 9.29 Å². The van der Waals surface area contributed by atoms with Crippen molar-refractivity contribution in [3.8, 4) is 0 Å². The van der Waals surface area contributed by atoms with Gasteiger partial charge >= 0.3 is 0 Å². The van der Waals surface area contributed by atoms with E-state index in [1.54, 1.807) is 0 Å². The third kappa shape index (κ3) is 4.78. The molecule has 1 rings (SSSR count). The Morgan fingerprint density at radius 2 is 1.87 bits per heavy atom. The Kier molecular flexibility index (Phi) is 5.92. The van der Waals surface area contributed by atoms with Crippen LogP contribution >= 0.6 is 0 Å². The molecule has 0 heterocycles. The van der Waals surface area contributed by atoms with Gasteiger partial charge in [-0.05, 0) is 39.3 Å². The predicted octanol–water partition coefficient (Wildman–Crippen LogP) is 3.41. The molecule has 1 unspecified atom stereocenters. The number of rotatable bonds is 9. The third-order valence-electron chi connectivity index (χ3n) is 3.18. The van der Waals surface area contributed by atoms with E-state index in [0.717, 1.165) is 13.0 Å². The molecule has 0 aromatic carbocycles. The molecule has 0 amide bonds. The summed E-state index contributed by atoms with van der Waals surface area (Å²) in [5, 5.41) is 0. The van der Waals surface area contributed by atoms with Crippen LogP contribution in [0, 0.1) is 5.92 Å². The first-order valence-corrected chi connectivity index (χ1v) is 6.28. The summed E-state index contributed by atoms with van der Waals surface area (Å²) in [5.41, 5.74) is 0. The van der Waals surface area contributed by atoms with Crippen molar-refractivity contribution in [3.05, 3.63) is 12.2 Å². The fourth-order valence-corrected chi connectivity index (χ4v) is 1.92. The summed E-state index contributed by atoms with van der Waals surface area (Å²) < 4.78 is 12.0. The van der Waals surface area contributed by atoms with Crippen LogP contribution in [0.4, 0.5) is 4.39 Å². The molecule has 0 aromatic heterocycles. The number of alkyl halides is 1. The van der Waals surface area contributed by atoms with Crippen LogP contribution in [0.3, 0.4) is 0 Å². The van der Waals surface area contributed by atoms with Crippen molar-refractivity contribution >= 4 is 0 Å². The van der Waals surface area contributed by atoms with Crippen LogP contribution in [0.5, 0.6) is 0 Å². The number of nitrogens with zero attached hydrogens (tertiary/aromatic N) is 1. The molecule has 15 heavy (non-hydrogen) atoms. The second kappa shape index (κ2) is 7.00. The van der Waals surface area contributed by atoms with Crippen LogP contribution in [-0.4, -0.2) is 30.7 Å². The molecule has 1 atom stereocenters. The molecule has 88 valence electrons. The topological polar surface area (TPSA) is 3.24 Å². The average molecular weight is 213 g/mol. The molecule has 0 saturated heterocycles. The standard InChI is InChI=1S/C13H24FN/c1-3-4-10-15(11-6-5-9-14)12(2)13-7-8-13/h7-8,12-13H,3-6,9-11H2,1-2H3. The molecule has 1 aliphatic carbocycles. The van der Waals surface area contributed by atoms with Crippen LogP contribution < -0.4 is 0 Å². The van der Waals surface area contributed by atoms with Crippen molar-refractivity contribution in [2.45, 2.75) is 45.6 Å². The first-order valence-electron chi connectivity index (χ1n) is 6.28. The smallest absolute Gasteiger partial charge is 0.0894 e. The Balaban J connectivity index is 2.23. The van der Waals surface area contributed by atoms with Gasteiger partial charge in [-0.25, -0.2) is 0 Å². The zero-order valence-electron chi connectivity index (χ0n) is 10.1. The minimum absolute atomic E-state index is 0.169. The lowest BCUT2D eigenvalue weighted by atomic mass is 10.1. The first-order chi connectivity index (χ1) is 7.29. The second-order valence-electron chi connectivity index (χ2n) is 4.49. The Hall–Kier alpha value is -0.370. The van der Waals surface area contributed by atoms with Crippen LogP contribution in [0.2, 0.25) is 0 Å². The minimum atomic E-state index is -0.169. The van der Waals surface area contributed by atoms with Gasteiger partial charge in [0.1, 0.15) is 0 Å². The van der Waals surface area contributed by atoms with Gasteiger partial charge in [-0.15, -0.1) is 0 Å². The highest BCUT2D eigenvalue weighted by Gasteiger charge is 2.24. The van der Waals surface area contributed by atoms with Crippen molar-refractivity contribution in [1.29, 1.82) is 0 Å². The van der Waals surface area contributed by atoms with Gasteiger partial charge in [0.05, 0.1) is 6.67 Å². The second-order valence-corrected chi connectivity index (χ2v) is 4.49. The summed E-state index contributed by atoms with van der Waals surface area (Å²) in [7, 11) is 0. The fraction of sp³-hybridized carbons (Fsp3) is 0.846. The van der Waals surface area contributed by atoms with Crippen molar-refractivity contribution in [2.24, 2.45) is 5.92 Å². The van der Waals surface area contributed by atoms with E-state index >= 15 is 0 Å². The van der Waals surface area contributed by atoms with Crippen molar-refractivity contribution in [1.82, 2.24) is 4.90 Å². The van der Waals surface area contributed by atoms with Gasteiger partial charge in [0.2, 0.25) is 0 Å². The molecule has 0 bridgehead atoms. The maximum Gasteiger partial charge on any atom is 0.0894 e. The highest BCUT2D eigenvalue weighted by Crippen LogP contribution is 2.25. The predicted molar refractivity (Wildman–Crippen MR) is 63.8 cm³/mol. The van der Waals surface area contributed by atoms with E-state index in [0.29, 0.717) is 18.4 Å². The summed E-state index contributed by atoms with van der Waals surface area (Å²) >= 11 is 0. The largest absolute Gasteiger partial charge is 0.300 e. The monoisotopic (exact) mass is 213 g/mol. The zero-order valence-corrected chi connectivity index (χ0v) is 10.1. The van der Waals surface area contributed by atoms with E-state index in [1.165, 1.54) is 19.4 Å². The normalized spacial score (nSPS) is 17.3. The van der Waals surface area contributed by atoms with Crippen molar-refractivity contribution in [2.75, 3.05) is 19.8 Å². The van der Waals surface area contributed by atoms with Crippen LogP contribution in [0.1, 0.15) is 39.5 Å². The van der Waals surface area contributed by atoms with E-state index in [1.807, 2.05) is 0 Å². The fourth-order valence-electron chi connectivity index (χ4n) is 1.92. The zero-order chi connectivity index (χ0) is 11.1. The van der Waals surface area contributed by atoms with E-state index in [2.05, 4.69) is 30.9 Å². The molecule has 1 nitrogen and oxygen atoms in total. The van der Waals surface area contributed by atoms with Gasteiger partial charge < -0.3 is 0 Å². The Labute approximate surface area is 93.3 Å². The van der Waals surface area contributed by atoms with E-state index < -0.39 is 0 Å². The highest BCUT2D eigenvalue weighted by atomic mass is 19.1. The lowest BCUT2D eigenvalue weighted by Gasteiger charge is -2.29. The average Bonchev–Trinajstić information content (AvgIpc) is 3.06. The Morgan fingerprint density at radius 3 is 2.40 bits per heavy atom. The summed E-state index contributed by atoms with van der Waals surface area (Å²) in [6.07, 6.45) is 8.74. The molecule has 0 aromatic rings. The van der Waals surface area contributed by atoms with E-state index in [4.69, 9.17) is 0 Å². The summed E-state index contributed by atoms with van der Waals surface area (Å²) in [5.74, 6) is 0.687. The maximum absolute atomic E-state index is 12.0. The third-order valence-corrected chi connectivity index (χ3v) is 3.18. The van der Waals surface area contributed by atoms with E-state index in [-0.39, 0.29) is 6.67 Å². The molecule has 0 radical (unpaired) electrons. The van der Waals surface area contributed by atoms with Gasteiger partial charge in [0.25, 0.3) is 0 Å². The molecule has 0 N–H and O–H groups in total. The lowest BCUT2D eigenvalue weighted by Crippen LogP contribution is -2.36. The minimum Gasteiger partial charge on any atom is -0.300 e. The van der Waals surface area contributed by atoms with Crippen LogP contribution in [0.25, 0.3) is 0 Å². The Bertz CT molecular complexity index is 185. The number of unbranched alkanes of at least 4 members (excludes halogenated alkanes) is 2. The van der Waals surface area contributed by atoms with Gasteiger partial charge in [-0.2, -0.15) is 0 Å². The number of hydrogen-bond acceptors (Lipinski definition) is 1. The molecule has 0 aliphatic heterocycles. The molecule has 0 spiro atoms. The van der Waals surface area contributed by atoms with Crippen LogP contribution in [-0.2, 0) is 0 Å². The summed E-state index contributed by atoms with van der Waals surface area (Å²) in [6, 6.07) is 0.621.